The number of nitrogen functional groups attached to an aromatic ring is 1. The highest BCUT2D eigenvalue weighted by Crippen LogP contribution is 2.15. The van der Waals surface area contributed by atoms with E-state index in [1.807, 2.05) is 40.9 Å². The number of anilines is 1. The zero-order valence-corrected chi connectivity index (χ0v) is 9.30. The standard InChI is InChI=1S/C11H14N2OS/c12-10-3-1-9(2-4-10)7-11(14)13-5-6-15-8-13/h1-4H,5-8,12H2. The zero-order valence-electron chi connectivity index (χ0n) is 8.48. The molecule has 0 aliphatic carbocycles. The summed E-state index contributed by atoms with van der Waals surface area (Å²) in [6.07, 6.45) is 0.487. The second-order valence-electron chi connectivity index (χ2n) is 3.61. The van der Waals surface area contributed by atoms with Gasteiger partial charge in [0.2, 0.25) is 5.91 Å². The molecule has 0 spiro atoms. The SMILES string of the molecule is Nc1ccc(CC(=O)N2CCSC2)cc1. The first-order chi connectivity index (χ1) is 7.25. The molecule has 1 fully saturated rings. The van der Waals surface area contributed by atoms with Gasteiger partial charge in [-0.2, -0.15) is 0 Å². The normalized spacial score (nSPS) is 15.6. The van der Waals surface area contributed by atoms with Crippen molar-refractivity contribution >= 4 is 23.4 Å². The Balaban J connectivity index is 1.96. The molecule has 15 heavy (non-hydrogen) atoms. The highest BCUT2D eigenvalue weighted by atomic mass is 32.2. The van der Waals surface area contributed by atoms with E-state index in [2.05, 4.69) is 0 Å². The van der Waals surface area contributed by atoms with Gasteiger partial charge in [-0.05, 0) is 17.7 Å². The largest absolute Gasteiger partial charge is 0.399 e. The quantitative estimate of drug-likeness (QED) is 0.768. The Labute approximate surface area is 93.6 Å². The van der Waals surface area contributed by atoms with Crippen LogP contribution in [-0.2, 0) is 11.2 Å². The summed E-state index contributed by atoms with van der Waals surface area (Å²) >= 11 is 1.81. The number of rotatable bonds is 2. The molecule has 2 rings (SSSR count). The van der Waals surface area contributed by atoms with E-state index in [0.29, 0.717) is 6.42 Å². The lowest BCUT2D eigenvalue weighted by atomic mass is 10.1. The van der Waals surface area contributed by atoms with Crippen LogP contribution in [0.4, 0.5) is 5.69 Å². The van der Waals surface area contributed by atoms with Crippen LogP contribution >= 0.6 is 11.8 Å². The lowest BCUT2D eigenvalue weighted by molar-refractivity contribution is -0.128. The lowest BCUT2D eigenvalue weighted by Gasteiger charge is -2.14. The number of amides is 1. The third kappa shape index (κ3) is 2.65. The maximum atomic E-state index is 11.8. The molecule has 1 amide bonds. The van der Waals surface area contributed by atoms with Crippen molar-refractivity contribution in [1.29, 1.82) is 0 Å². The van der Waals surface area contributed by atoms with Gasteiger partial charge in [-0.15, -0.1) is 11.8 Å². The summed E-state index contributed by atoms with van der Waals surface area (Å²) in [6.45, 7) is 0.887. The number of carbonyl (C=O) groups excluding carboxylic acids is 1. The summed E-state index contributed by atoms with van der Waals surface area (Å²) in [6, 6.07) is 7.50. The predicted molar refractivity (Wildman–Crippen MR) is 63.6 cm³/mol. The van der Waals surface area contributed by atoms with Crippen LogP contribution in [0.5, 0.6) is 0 Å². The molecule has 1 aromatic rings. The van der Waals surface area contributed by atoms with Crippen molar-refractivity contribution in [2.45, 2.75) is 6.42 Å². The molecule has 0 unspecified atom stereocenters. The Bertz CT molecular complexity index is 344. The Kier molecular flexibility index (Phi) is 3.16. The summed E-state index contributed by atoms with van der Waals surface area (Å²) in [4.78, 5) is 13.7. The number of nitrogens with zero attached hydrogens (tertiary/aromatic N) is 1. The van der Waals surface area contributed by atoms with E-state index in [1.165, 1.54) is 0 Å². The number of benzene rings is 1. The Morgan fingerprint density at radius 3 is 2.73 bits per heavy atom. The van der Waals surface area contributed by atoms with Crippen LogP contribution in [0.3, 0.4) is 0 Å². The molecule has 4 heteroatoms. The average Bonchev–Trinajstić information content (AvgIpc) is 2.74. The smallest absolute Gasteiger partial charge is 0.227 e. The Hall–Kier alpha value is -1.16. The van der Waals surface area contributed by atoms with Gasteiger partial charge >= 0.3 is 0 Å². The first-order valence-electron chi connectivity index (χ1n) is 4.95. The molecular weight excluding hydrogens is 208 g/mol. The molecule has 1 aliphatic heterocycles. The fraction of sp³-hybridized carbons (Fsp3) is 0.364. The number of thioether (sulfide) groups is 1. The highest BCUT2D eigenvalue weighted by Gasteiger charge is 2.17. The molecule has 1 aliphatic rings. The van der Waals surface area contributed by atoms with E-state index in [-0.39, 0.29) is 5.91 Å². The van der Waals surface area contributed by atoms with Gasteiger partial charge in [0, 0.05) is 18.0 Å². The van der Waals surface area contributed by atoms with Gasteiger partial charge in [0.25, 0.3) is 0 Å². The van der Waals surface area contributed by atoms with Crippen molar-refractivity contribution in [3.05, 3.63) is 29.8 Å². The van der Waals surface area contributed by atoms with E-state index in [0.717, 1.165) is 29.4 Å². The number of hydrogen-bond acceptors (Lipinski definition) is 3. The third-order valence-corrected chi connectivity index (χ3v) is 3.41. The minimum absolute atomic E-state index is 0.213. The predicted octanol–water partition coefficient (Wildman–Crippen LogP) is 1.34. The minimum atomic E-state index is 0.213. The van der Waals surface area contributed by atoms with E-state index < -0.39 is 0 Å². The van der Waals surface area contributed by atoms with Crippen molar-refractivity contribution in [2.24, 2.45) is 0 Å². The topological polar surface area (TPSA) is 46.3 Å². The molecule has 0 bridgehead atoms. The van der Waals surface area contributed by atoms with Gasteiger partial charge in [0.15, 0.2) is 0 Å². The van der Waals surface area contributed by atoms with Crippen molar-refractivity contribution < 1.29 is 4.79 Å². The van der Waals surface area contributed by atoms with Crippen molar-refractivity contribution in [2.75, 3.05) is 23.9 Å². The molecule has 0 aromatic heterocycles. The molecule has 1 saturated heterocycles. The first kappa shape index (κ1) is 10.4. The van der Waals surface area contributed by atoms with Crippen molar-refractivity contribution in [1.82, 2.24) is 4.90 Å². The van der Waals surface area contributed by atoms with Gasteiger partial charge < -0.3 is 10.6 Å². The van der Waals surface area contributed by atoms with Crippen LogP contribution < -0.4 is 5.73 Å². The van der Waals surface area contributed by atoms with Crippen LogP contribution in [-0.4, -0.2) is 29.0 Å². The molecule has 1 heterocycles. The molecular formula is C11H14N2OS. The number of hydrogen-bond donors (Lipinski definition) is 1. The lowest BCUT2D eigenvalue weighted by Crippen LogP contribution is -2.29. The molecule has 0 radical (unpaired) electrons. The van der Waals surface area contributed by atoms with E-state index in [9.17, 15) is 4.79 Å². The molecule has 1 aromatic carbocycles. The number of nitrogens with two attached hydrogens (primary N) is 1. The van der Waals surface area contributed by atoms with E-state index in [4.69, 9.17) is 5.73 Å². The van der Waals surface area contributed by atoms with E-state index >= 15 is 0 Å². The molecule has 3 nitrogen and oxygen atoms in total. The van der Waals surface area contributed by atoms with Gasteiger partial charge in [-0.3, -0.25) is 4.79 Å². The summed E-state index contributed by atoms with van der Waals surface area (Å²) in [7, 11) is 0. The molecule has 2 N–H and O–H groups in total. The molecule has 0 atom stereocenters. The third-order valence-electron chi connectivity index (χ3n) is 2.44. The van der Waals surface area contributed by atoms with Crippen LogP contribution in [0.25, 0.3) is 0 Å². The van der Waals surface area contributed by atoms with Crippen LogP contribution in [0.2, 0.25) is 0 Å². The highest BCUT2D eigenvalue weighted by molar-refractivity contribution is 7.99. The second-order valence-corrected chi connectivity index (χ2v) is 4.69. The summed E-state index contributed by atoms with van der Waals surface area (Å²) in [5.41, 5.74) is 7.35. The number of carbonyl (C=O) groups is 1. The van der Waals surface area contributed by atoms with Gasteiger partial charge in [0.05, 0.1) is 12.3 Å². The molecule has 80 valence electrons. The maximum Gasteiger partial charge on any atom is 0.227 e. The van der Waals surface area contributed by atoms with Gasteiger partial charge in [-0.25, -0.2) is 0 Å². The van der Waals surface area contributed by atoms with Crippen LogP contribution in [0.15, 0.2) is 24.3 Å². The monoisotopic (exact) mass is 222 g/mol. The molecule has 0 saturated carbocycles. The maximum absolute atomic E-state index is 11.8. The first-order valence-corrected chi connectivity index (χ1v) is 6.11. The van der Waals surface area contributed by atoms with Gasteiger partial charge in [-0.1, -0.05) is 12.1 Å². The fourth-order valence-corrected chi connectivity index (χ4v) is 2.50. The summed E-state index contributed by atoms with van der Waals surface area (Å²) < 4.78 is 0. The Morgan fingerprint density at radius 2 is 2.13 bits per heavy atom. The zero-order chi connectivity index (χ0) is 10.7. The van der Waals surface area contributed by atoms with E-state index in [1.54, 1.807) is 0 Å². The van der Waals surface area contributed by atoms with Crippen molar-refractivity contribution in [3.63, 3.8) is 0 Å². The summed E-state index contributed by atoms with van der Waals surface area (Å²) in [5, 5.41) is 0. The average molecular weight is 222 g/mol. The van der Waals surface area contributed by atoms with Crippen LogP contribution in [0.1, 0.15) is 5.56 Å². The second kappa shape index (κ2) is 4.57. The Morgan fingerprint density at radius 1 is 1.40 bits per heavy atom. The summed E-state index contributed by atoms with van der Waals surface area (Å²) in [5.74, 6) is 2.12. The fourth-order valence-electron chi connectivity index (χ4n) is 1.53. The minimum Gasteiger partial charge on any atom is -0.399 e. The van der Waals surface area contributed by atoms with Crippen LogP contribution in [0, 0.1) is 0 Å². The van der Waals surface area contributed by atoms with Crippen molar-refractivity contribution in [3.8, 4) is 0 Å². The van der Waals surface area contributed by atoms with Gasteiger partial charge in [0.1, 0.15) is 0 Å².